The van der Waals surface area contributed by atoms with Crippen molar-refractivity contribution in [2.45, 2.75) is 13.3 Å². The Labute approximate surface area is 84.4 Å². The average Bonchev–Trinajstić information content (AvgIpc) is 2.27. The van der Waals surface area contributed by atoms with Crippen molar-refractivity contribution in [1.29, 1.82) is 5.26 Å². The quantitative estimate of drug-likeness (QED) is 0.682. The summed E-state index contributed by atoms with van der Waals surface area (Å²) in [6, 6.07) is 7.85. The Morgan fingerprint density at radius 1 is 1.57 bits per heavy atom. The highest BCUT2D eigenvalue weighted by atomic mass is 16.5. The number of allylic oxidation sites excluding steroid dienone is 1. The summed E-state index contributed by atoms with van der Waals surface area (Å²) in [5, 5.41) is 8.77. The molecule has 2 heteroatoms. The van der Waals surface area contributed by atoms with E-state index in [4.69, 9.17) is 10.00 Å². The van der Waals surface area contributed by atoms with Crippen LogP contribution in [0.5, 0.6) is 5.75 Å². The fraction of sp³-hybridized carbons (Fsp3) is 0.250. The molecule has 1 aromatic carbocycles. The van der Waals surface area contributed by atoms with Crippen molar-refractivity contribution in [2.24, 2.45) is 0 Å². The number of ether oxygens (including phenoxy) is 1. The van der Waals surface area contributed by atoms with E-state index in [2.05, 4.69) is 13.5 Å². The van der Waals surface area contributed by atoms with Gasteiger partial charge in [-0.1, -0.05) is 19.6 Å². The lowest BCUT2D eigenvalue weighted by Gasteiger charge is -2.08. The molecule has 0 spiro atoms. The van der Waals surface area contributed by atoms with Crippen molar-refractivity contribution >= 4 is 5.57 Å². The summed E-state index contributed by atoms with van der Waals surface area (Å²) < 4.78 is 5.16. The first-order valence-electron chi connectivity index (χ1n) is 4.49. The lowest BCUT2D eigenvalue weighted by Crippen LogP contribution is -1.92. The monoisotopic (exact) mass is 187 g/mol. The molecule has 0 aliphatic rings. The number of rotatable bonds is 3. The summed E-state index contributed by atoms with van der Waals surface area (Å²) in [6.07, 6.45) is 0.940. The molecule has 72 valence electrons. The molecule has 0 radical (unpaired) electrons. The summed E-state index contributed by atoms with van der Waals surface area (Å²) in [4.78, 5) is 0. The Kier molecular flexibility index (Phi) is 3.30. The van der Waals surface area contributed by atoms with Gasteiger partial charge in [-0.2, -0.15) is 5.26 Å². The van der Waals surface area contributed by atoms with E-state index in [0.29, 0.717) is 11.3 Å². The first kappa shape index (κ1) is 10.3. The second kappa shape index (κ2) is 4.48. The van der Waals surface area contributed by atoms with Crippen LogP contribution in [-0.4, -0.2) is 7.11 Å². The number of benzene rings is 1. The van der Waals surface area contributed by atoms with Crippen LogP contribution in [0.25, 0.3) is 5.57 Å². The molecule has 0 saturated heterocycles. The van der Waals surface area contributed by atoms with Crippen LogP contribution in [0.1, 0.15) is 18.1 Å². The number of nitriles is 1. The molecular formula is C12H13NO. The summed E-state index contributed by atoms with van der Waals surface area (Å²) in [7, 11) is 1.59. The molecule has 0 aliphatic carbocycles. The third kappa shape index (κ3) is 1.94. The third-order valence-electron chi connectivity index (χ3n) is 2.13. The molecule has 0 bridgehead atoms. The zero-order chi connectivity index (χ0) is 10.6. The van der Waals surface area contributed by atoms with E-state index in [1.54, 1.807) is 7.11 Å². The maximum absolute atomic E-state index is 8.77. The van der Waals surface area contributed by atoms with E-state index in [9.17, 15) is 0 Å². The van der Waals surface area contributed by atoms with Gasteiger partial charge in [-0.05, 0) is 24.1 Å². The molecule has 0 atom stereocenters. The molecule has 0 aromatic heterocycles. The Balaban J connectivity index is 3.23. The first-order chi connectivity index (χ1) is 6.72. The van der Waals surface area contributed by atoms with Crippen LogP contribution in [0.15, 0.2) is 24.8 Å². The van der Waals surface area contributed by atoms with E-state index in [-0.39, 0.29) is 0 Å². The van der Waals surface area contributed by atoms with Crippen molar-refractivity contribution in [2.75, 3.05) is 7.11 Å². The van der Waals surface area contributed by atoms with Gasteiger partial charge >= 0.3 is 0 Å². The van der Waals surface area contributed by atoms with Gasteiger partial charge in [0.05, 0.1) is 18.8 Å². The van der Waals surface area contributed by atoms with Gasteiger partial charge in [-0.25, -0.2) is 0 Å². The van der Waals surface area contributed by atoms with Crippen LogP contribution in [0.2, 0.25) is 0 Å². The number of methoxy groups -OCH3 is 1. The van der Waals surface area contributed by atoms with Gasteiger partial charge in [0.2, 0.25) is 0 Å². The minimum atomic E-state index is 0.442. The molecule has 0 saturated carbocycles. The van der Waals surface area contributed by atoms with Gasteiger partial charge < -0.3 is 4.74 Å². The molecular weight excluding hydrogens is 174 g/mol. The van der Waals surface area contributed by atoms with Crippen LogP contribution in [0.3, 0.4) is 0 Å². The number of hydrogen-bond donors (Lipinski definition) is 0. The van der Waals surface area contributed by atoms with Crippen LogP contribution >= 0.6 is 0 Å². The Bertz CT molecular complexity index is 388. The molecule has 0 fully saturated rings. The van der Waals surface area contributed by atoms with Crippen LogP contribution in [-0.2, 0) is 6.42 Å². The van der Waals surface area contributed by atoms with Crippen LogP contribution < -0.4 is 4.74 Å². The van der Waals surface area contributed by atoms with Crippen molar-refractivity contribution in [3.8, 4) is 11.8 Å². The topological polar surface area (TPSA) is 33.0 Å². The maximum Gasteiger partial charge on any atom is 0.127 e. The highest BCUT2D eigenvalue weighted by molar-refractivity contribution is 5.78. The number of aryl methyl sites for hydroxylation is 1. The SMILES string of the molecule is C=C(C#N)c1cc(CC)ccc1OC. The van der Waals surface area contributed by atoms with Gasteiger partial charge in [0.25, 0.3) is 0 Å². The zero-order valence-corrected chi connectivity index (χ0v) is 8.50. The number of hydrogen-bond acceptors (Lipinski definition) is 2. The summed E-state index contributed by atoms with van der Waals surface area (Å²) in [6.45, 7) is 5.76. The van der Waals surface area contributed by atoms with Crippen molar-refractivity contribution in [3.05, 3.63) is 35.9 Å². The molecule has 1 rings (SSSR count). The fourth-order valence-electron chi connectivity index (χ4n) is 1.27. The Morgan fingerprint density at radius 3 is 2.79 bits per heavy atom. The smallest absolute Gasteiger partial charge is 0.127 e. The van der Waals surface area contributed by atoms with Gasteiger partial charge in [0.15, 0.2) is 0 Å². The van der Waals surface area contributed by atoms with Crippen molar-refractivity contribution < 1.29 is 4.74 Å². The normalized spacial score (nSPS) is 9.21. The second-order valence-corrected chi connectivity index (χ2v) is 2.98. The molecule has 0 N–H and O–H groups in total. The van der Waals surface area contributed by atoms with Crippen LogP contribution in [0.4, 0.5) is 0 Å². The molecule has 0 heterocycles. The van der Waals surface area contributed by atoms with Gasteiger partial charge in [0, 0.05) is 5.56 Å². The van der Waals surface area contributed by atoms with E-state index in [1.165, 1.54) is 5.56 Å². The molecule has 0 aliphatic heterocycles. The van der Waals surface area contributed by atoms with E-state index in [0.717, 1.165) is 12.0 Å². The van der Waals surface area contributed by atoms with Gasteiger partial charge in [0.1, 0.15) is 5.75 Å². The summed E-state index contributed by atoms with van der Waals surface area (Å²) in [5.41, 5.74) is 2.41. The zero-order valence-electron chi connectivity index (χ0n) is 8.50. The van der Waals surface area contributed by atoms with Crippen molar-refractivity contribution in [3.63, 3.8) is 0 Å². The molecule has 0 amide bonds. The fourth-order valence-corrected chi connectivity index (χ4v) is 1.27. The highest BCUT2D eigenvalue weighted by Gasteiger charge is 2.06. The minimum absolute atomic E-state index is 0.442. The lowest BCUT2D eigenvalue weighted by molar-refractivity contribution is 0.413. The molecule has 1 aromatic rings. The maximum atomic E-state index is 8.77. The minimum Gasteiger partial charge on any atom is -0.496 e. The second-order valence-electron chi connectivity index (χ2n) is 2.98. The van der Waals surface area contributed by atoms with Crippen molar-refractivity contribution in [1.82, 2.24) is 0 Å². The van der Waals surface area contributed by atoms with E-state index < -0.39 is 0 Å². The van der Waals surface area contributed by atoms with E-state index >= 15 is 0 Å². The van der Waals surface area contributed by atoms with Gasteiger partial charge in [-0.3, -0.25) is 0 Å². The molecule has 0 unspecified atom stereocenters. The number of nitrogens with zero attached hydrogens (tertiary/aromatic N) is 1. The van der Waals surface area contributed by atoms with E-state index in [1.807, 2.05) is 24.3 Å². The standard InChI is InChI=1S/C12H13NO/c1-4-10-5-6-12(14-3)11(7-10)9(2)8-13/h5-7H,2,4H2,1,3H3. The van der Waals surface area contributed by atoms with Crippen LogP contribution in [0, 0.1) is 11.3 Å². The Hall–Kier alpha value is -1.75. The predicted octanol–water partition coefficient (Wildman–Crippen LogP) is 2.79. The predicted molar refractivity (Wildman–Crippen MR) is 57.0 cm³/mol. The summed E-state index contributed by atoms with van der Waals surface area (Å²) >= 11 is 0. The third-order valence-corrected chi connectivity index (χ3v) is 2.13. The molecule has 2 nitrogen and oxygen atoms in total. The highest BCUT2D eigenvalue weighted by Crippen LogP contribution is 2.25. The average molecular weight is 187 g/mol. The lowest BCUT2D eigenvalue weighted by atomic mass is 10.0. The largest absolute Gasteiger partial charge is 0.496 e. The Morgan fingerprint density at radius 2 is 2.29 bits per heavy atom. The summed E-state index contributed by atoms with van der Waals surface area (Å²) in [5.74, 6) is 0.703. The first-order valence-corrected chi connectivity index (χ1v) is 4.49. The molecule has 14 heavy (non-hydrogen) atoms. The van der Waals surface area contributed by atoms with Gasteiger partial charge in [-0.15, -0.1) is 0 Å².